The molecule has 0 atom stereocenters. The monoisotopic (exact) mass is 193 g/mol. The zero-order valence-electron chi connectivity index (χ0n) is 8.54. The summed E-state index contributed by atoms with van der Waals surface area (Å²) < 4.78 is 4.99. The van der Waals surface area contributed by atoms with E-state index >= 15 is 0 Å². The van der Waals surface area contributed by atoms with Gasteiger partial charge in [0.1, 0.15) is 6.61 Å². The fourth-order valence-corrected chi connectivity index (χ4v) is 1.11. The van der Waals surface area contributed by atoms with Crippen molar-refractivity contribution in [1.82, 2.24) is 0 Å². The summed E-state index contributed by atoms with van der Waals surface area (Å²) in [5.74, 6) is -0.113. The van der Waals surface area contributed by atoms with Gasteiger partial charge in [-0.15, -0.1) is 0 Å². The molecule has 0 aliphatic heterocycles. The molecule has 1 N–H and O–H groups in total. The molecule has 0 aliphatic carbocycles. The Kier molecular flexibility index (Phi) is 4.13. The van der Waals surface area contributed by atoms with Crippen LogP contribution in [0.15, 0.2) is 24.3 Å². The van der Waals surface area contributed by atoms with Crippen LogP contribution < -0.4 is 5.32 Å². The topological polar surface area (TPSA) is 38.3 Å². The van der Waals surface area contributed by atoms with Gasteiger partial charge in [0.2, 0.25) is 5.91 Å². The molecule has 0 aliphatic rings. The van der Waals surface area contributed by atoms with Gasteiger partial charge >= 0.3 is 0 Å². The van der Waals surface area contributed by atoms with Gasteiger partial charge in [0.25, 0.3) is 0 Å². The number of nitrogens with one attached hydrogen (secondary N) is 1. The zero-order chi connectivity index (χ0) is 10.4. The van der Waals surface area contributed by atoms with E-state index < -0.39 is 0 Å². The smallest absolute Gasteiger partial charge is 0.250 e. The molecule has 1 amide bonds. The fourth-order valence-electron chi connectivity index (χ4n) is 1.11. The molecule has 0 radical (unpaired) electrons. The number of ether oxygens (including phenoxy) is 1. The van der Waals surface area contributed by atoms with Crippen LogP contribution in [0.4, 0.5) is 5.69 Å². The first-order chi connectivity index (χ1) is 6.72. The third-order valence-corrected chi connectivity index (χ3v) is 1.74. The van der Waals surface area contributed by atoms with E-state index in [0.717, 1.165) is 11.3 Å². The molecular weight excluding hydrogens is 178 g/mol. The van der Waals surface area contributed by atoms with Gasteiger partial charge < -0.3 is 10.1 Å². The van der Waals surface area contributed by atoms with Crippen molar-refractivity contribution in [3.63, 3.8) is 0 Å². The summed E-state index contributed by atoms with van der Waals surface area (Å²) in [6, 6.07) is 7.67. The predicted molar refractivity (Wildman–Crippen MR) is 56.3 cm³/mol. The number of hydrogen-bond donors (Lipinski definition) is 1. The van der Waals surface area contributed by atoms with E-state index in [9.17, 15) is 4.79 Å². The van der Waals surface area contributed by atoms with Crippen LogP contribution in [0, 0.1) is 6.92 Å². The van der Waals surface area contributed by atoms with Crippen LogP contribution in [0.5, 0.6) is 0 Å². The number of hydrogen-bond acceptors (Lipinski definition) is 2. The number of carbonyl (C=O) groups excluding carboxylic acids is 1. The first kappa shape index (κ1) is 10.7. The molecule has 0 fully saturated rings. The molecule has 76 valence electrons. The first-order valence-corrected chi connectivity index (χ1v) is 4.66. The highest BCUT2D eigenvalue weighted by Crippen LogP contribution is 2.08. The standard InChI is InChI=1S/C11H15NO2/c1-3-14-8-11(13)12-10-6-4-5-9(2)7-10/h4-7H,3,8H2,1-2H3,(H,12,13). The Labute approximate surface area is 84.1 Å². The number of rotatable bonds is 4. The SMILES string of the molecule is CCOCC(=O)Nc1cccc(C)c1. The van der Waals surface area contributed by atoms with Crippen molar-refractivity contribution in [1.29, 1.82) is 0 Å². The van der Waals surface area contributed by atoms with Gasteiger partial charge in [-0.25, -0.2) is 0 Å². The summed E-state index contributed by atoms with van der Waals surface area (Å²) in [5.41, 5.74) is 1.94. The Balaban J connectivity index is 2.47. The molecule has 1 aromatic carbocycles. The molecular formula is C11H15NO2. The largest absolute Gasteiger partial charge is 0.372 e. The van der Waals surface area contributed by atoms with E-state index in [1.54, 1.807) is 0 Å². The third kappa shape index (κ3) is 3.58. The third-order valence-electron chi connectivity index (χ3n) is 1.74. The lowest BCUT2D eigenvalue weighted by molar-refractivity contribution is -0.120. The van der Waals surface area contributed by atoms with Gasteiger partial charge in [-0.3, -0.25) is 4.79 Å². The van der Waals surface area contributed by atoms with Crippen molar-refractivity contribution in [2.75, 3.05) is 18.5 Å². The Morgan fingerprint density at radius 3 is 2.93 bits per heavy atom. The lowest BCUT2D eigenvalue weighted by Crippen LogP contribution is -2.18. The molecule has 0 spiro atoms. The average molecular weight is 193 g/mol. The molecule has 0 bridgehead atoms. The highest BCUT2D eigenvalue weighted by molar-refractivity contribution is 5.91. The minimum atomic E-state index is -0.113. The van der Waals surface area contributed by atoms with E-state index in [1.807, 2.05) is 38.1 Å². The second-order valence-electron chi connectivity index (χ2n) is 3.05. The molecule has 0 heterocycles. The Morgan fingerprint density at radius 1 is 1.50 bits per heavy atom. The minimum Gasteiger partial charge on any atom is -0.372 e. The van der Waals surface area contributed by atoms with E-state index in [-0.39, 0.29) is 12.5 Å². The van der Waals surface area contributed by atoms with Crippen molar-refractivity contribution < 1.29 is 9.53 Å². The summed E-state index contributed by atoms with van der Waals surface area (Å²) in [6.07, 6.45) is 0. The summed E-state index contributed by atoms with van der Waals surface area (Å²) in [5, 5.41) is 2.75. The minimum absolute atomic E-state index is 0.113. The van der Waals surface area contributed by atoms with Gasteiger partial charge in [-0.1, -0.05) is 12.1 Å². The molecule has 3 heteroatoms. The molecule has 1 rings (SSSR count). The second kappa shape index (κ2) is 5.40. The quantitative estimate of drug-likeness (QED) is 0.794. The van der Waals surface area contributed by atoms with Crippen molar-refractivity contribution in [2.45, 2.75) is 13.8 Å². The number of anilines is 1. The van der Waals surface area contributed by atoms with Crippen LogP contribution in [0.3, 0.4) is 0 Å². The molecule has 0 aromatic heterocycles. The molecule has 14 heavy (non-hydrogen) atoms. The van der Waals surface area contributed by atoms with Crippen molar-refractivity contribution >= 4 is 11.6 Å². The molecule has 0 saturated carbocycles. The molecule has 0 saturated heterocycles. The summed E-state index contributed by atoms with van der Waals surface area (Å²) in [7, 11) is 0. The summed E-state index contributed by atoms with van der Waals surface area (Å²) in [4.78, 5) is 11.2. The van der Waals surface area contributed by atoms with E-state index in [2.05, 4.69) is 5.32 Å². The van der Waals surface area contributed by atoms with Crippen LogP contribution in [0.1, 0.15) is 12.5 Å². The second-order valence-corrected chi connectivity index (χ2v) is 3.05. The molecule has 3 nitrogen and oxygen atoms in total. The Morgan fingerprint density at radius 2 is 2.29 bits per heavy atom. The fraction of sp³-hybridized carbons (Fsp3) is 0.364. The van der Waals surface area contributed by atoms with E-state index in [0.29, 0.717) is 6.61 Å². The van der Waals surface area contributed by atoms with Gasteiger partial charge in [-0.05, 0) is 31.5 Å². The number of amides is 1. The number of aryl methyl sites for hydroxylation is 1. The van der Waals surface area contributed by atoms with Gasteiger partial charge in [0.15, 0.2) is 0 Å². The van der Waals surface area contributed by atoms with Gasteiger partial charge in [0.05, 0.1) is 0 Å². The maximum absolute atomic E-state index is 11.2. The summed E-state index contributed by atoms with van der Waals surface area (Å²) >= 11 is 0. The van der Waals surface area contributed by atoms with E-state index in [1.165, 1.54) is 0 Å². The Bertz CT molecular complexity index is 310. The normalized spacial score (nSPS) is 9.86. The number of carbonyl (C=O) groups is 1. The average Bonchev–Trinajstić information content (AvgIpc) is 2.15. The molecule has 1 aromatic rings. The zero-order valence-corrected chi connectivity index (χ0v) is 8.54. The first-order valence-electron chi connectivity index (χ1n) is 4.66. The van der Waals surface area contributed by atoms with Crippen LogP contribution in [0.25, 0.3) is 0 Å². The lowest BCUT2D eigenvalue weighted by Gasteiger charge is -2.05. The van der Waals surface area contributed by atoms with Crippen LogP contribution >= 0.6 is 0 Å². The highest BCUT2D eigenvalue weighted by Gasteiger charge is 2.00. The molecule has 0 unspecified atom stereocenters. The summed E-state index contributed by atoms with van der Waals surface area (Å²) in [6.45, 7) is 4.52. The predicted octanol–water partition coefficient (Wildman–Crippen LogP) is 1.97. The van der Waals surface area contributed by atoms with Crippen molar-refractivity contribution in [2.24, 2.45) is 0 Å². The van der Waals surface area contributed by atoms with Crippen molar-refractivity contribution in [3.8, 4) is 0 Å². The van der Waals surface area contributed by atoms with Crippen molar-refractivity contribution in [3.05, 3.63) is 29.8 Å². The van der Waals surface area contributed by atoms with Gasteiger partial charge in [0, 0.05) is 12.3 Å². The number of benzene rings is 1. The van der Waals surface area contributed by atoms with Gasteiger partial charge in [-0.2, -0.15) is 0 Å². The van der Waals surface area contributed by atoms with Crippen LogP contribution in [-0.2, 0) is 9.53 Å². The lowest BCUT2D eigenvalue weighted by atomic mass is 10.2. The maximum atomic E-state index is 11.2. The highest BCUT2D eigenvalue weighted by atomic mass is 16.5. The van der Waals surface area contributed by atoms with Crippen LogP contribution in [-0.4, -0.2) is 19.1 Å². The van der Waals surface area contributed by atoms with Crippen LogP contribution in [0.2, 0.25) is 0 Å². The maximum Gasteiger partial charge on any atom is 0.250 e. The van der Waals surface area contributed by atoms with E-state index in [4.69, 9.17) is 4.74 Å². The Hall–Kier alpha value is -1.35.